The number of fused-ring (bicyclic) bond motifs is 1. The van der Waals surface area contributed by atoms with Gasteiger partial charge in [-0.25, -0.2) is 0 Å². The SMILES string of the molecule is COc1cc2[nH]cc(C(=O)C(C)(C)C)c(=O)c2cc1OC. The summed E-state index contributed by atoms with van der Waals surface area (Å²) in [6.45, 7) is 5.36. The predicted molar refractivity (Wildman–Crippen MR) is 81.5 cm³/mol. The van der Waals surface area contributed by atoms with Crippen LogP contribution >= 0.6 is 0 Å². The zero-order valence-corrected chi connectivity index (χ0v) is 12.9. The number of hydrogen-bond donors (Lipinski definition) is 1. The Hall–Kier alpha value is -2.30. The standard InChI is InChI=1S/C16H19NO4/c1-16(2,3)15(19)10-8-17-11-7-13(21-5)12(20-4)6-9(11)14(10)18/h6-8H,1-5H3,(H,17,18). The van der Waals surface area contributed by atoms with Gasteiger partial charge in [-0.05, 0) is 6.07 Å². The summed E-state index contributed by atoms with van der Waals surface area (Å²) in [5, 5.41) is 0.405. The van der Waals surface area contributed by atoms with Crippen molar-refractivity contribution in [1.29, 1.82) is 0 Å². The topological polar surface area (TPSA) is 68.4 Å². The number of benzene rings is 1. The molecule has 2 aromatic rings. The summed E-state index contributed by atoms with van der Waals surface area (Å²) < 4.78 is 10.4. The Morgan fingerprint density at radius 3 is 2.19 bits per heavy atom. The van der Waals surface area contributed by atoms with Crippen molar-refractivity contribution in [3.63, 3.8) is 0 Å². The Bertz CT molecular complexity index is 753. The largest absolute Gasteiger partial charge is 0.493 e. The van der Waals surface area contributed by atoms with Crippen LogP contribution in [0.2, 0.25) is 0 Å². The van der Waals surface area contributed by atoms with Crippen molar-refractivity contribution in [2.45, 2.75) is 20.8 Å². The van der Waals surface area contributed by atoms with Crippen LogP contribution in [0.5, 0.6) is 11.5 Å². The number of pyridine rings is 1. The van der Waals surface area contributed by atoms with E-state index in [0.29, 0.717) is 22.4 Å². The van der Waals surface area contributed by atoms with Crippen molar-refractivity contribution in [3.05, 3.63) is 34.1 Å². The Morgan fingerprint density at radius 2 is 1.67 bits per heavy atom. The number of Topliss-reactive ketones (excluding diaryl/α,β-unsaturated/α-hetero) is 1. The molecule has 0 aliphatic carbocycles. The molecule has 0 fully saturated rings. The van der Waals surface area contributed by atoms with Crippen LogP contribution in [-0.2, 0) is 0 Å². The normalized spacial score (nSPS) is 11.5. The van der Waals surface area contributed by atoms with E-state index >= 15 is 0 Å². The van der Waals surface area contributed by atoms with E-state index in [-0.39, 0.29) is 16.8 Å². The zero-order chi connectivity index (χ0) is 15.8. The van der Waals surface area contributed by atoms with E-state index in [4.69, 9.17) is 9.47 Å². The number of nitrogens with one attached hydrogen (secondary N) is 1. The first-order valence-corrected chi connectivity index (χ1v) is 6.62. The van der Waals surface area contributed by atoms with Crippen LogP contribution < -0.4 is 14.9 Å². The minimum Gasteiger partial charge on any atom is -0.493 e. The summed E-state index contributed by atoms with van der Waals surface area (Å²) in [6, 6.07) is 3.27. The van der Waals surface area contributed by atoms with Gasteiger partial charge in [-0.3, -0.25) is 9.59 Å². The molecule has 5 nitrogen and oxygen atoms in total. The van der Waals surface area contributed by atoms with Gasteiger partial charge >= 0.3 is 0 Å². The molecule has 1 N–H and O–H groups in total. The Morgan fingerprint density at radius 1 is 1.10 bits per heavy atom. The van der Waals surface area contributed by atoms with Gasteiger partial charge < -0.3 is 14.5 Å². The Kier molecular flexibility index (Phi) is 3.77. The van der Waals surface area contributed by atoms with E-state index in [2.05, 4.69) is 4.98 Å². The average Bonchev–Trinajstić information content (AvgIpc) is 2.44. The number of ether oxygens (including phenoxy) is 2. The van der Waals surface area contributed by atoms with E-state index in [0.717, 1.165) is 0 Å². The molecule has 112 valence electrons. The van der Waals surface area contributed by atoms with Crippen molar-refractivity contribution in [3.8, 4) is 11.5 Å². The second kappa shape index (κ2) is 5.24. The van der Waals surface area contributed by atoms with Gasteiger partial charge in [0.2, 0.25) is 0 Å². The van der Waals surface area contributed by atoms with Crippen LogP contribution in [0.4, 0.5) is 0 Å². The zero-order valence-electron chi connectivity index (χ0n) is 12.9. The third-order valence-corrected chi connectivity index (χ3v) is 3.31. The number of hydrogen-bond acceptors (Lipinski definition) is 4. The highest BCUT2D eigenvalue weighted by atomic mass is 16.5. The highest BCUT2D eigenvalue weighted by Crippen LogP contribution is 2.30. The smallest absolute Gasteiger partial charge is 0.200 e. The maximum atomic E-state index is 12.5. The Balaban J connectivity index is 2.73. The van der Waals surface area contributed by atoms with Gasteiger partial charge in [0.25, 0.3) is 0 Å². The summed E-state index contributed by atoms with van der Waals surface area (Å²) in [4.78, 5) is 27.9. The predicted octanol–water partition coefficient (Wildman–Crippen LogP) is 2.77. The number of aromatic amines is 1. The van der Waals surface area contributed by atoms with Crippen LogP contribution in [0.1, 0.15) is 31.1 Å². The molecule has 0 saturated carbocycles. The summed E-state index contributed by atoms with van der Waals surface area (Å²) in [5.41, 5.74) is -0.160. The second-order valence-corrected chi connectivity index (χ2v) is 5.86. The third-order valence-electron chi connectivity index (χ3n) is 3.31. The van der Waals surface area contributed by atoms with Gasteiger partial charge in [0.05, 0.1) is 30.7 Å². The molecular weight excluding hydrogens is 270 g/mol. The van der Waals surface area contributed by atoms with E-state index in [1.54, 1.807) is 32.9 Å². The highest BCUT2D eigenvalue weighted by molar-refractivity contribution is 6.02. The molecule has 0 spiro atoms. The lowest BCUT2D eigenvalue weighted by atomic mass is 9.86. The van der Waals surface area contributed by atoms with Crippen molar-refractivity contribution >= 4 is 16.7 Å². The molecule has 2 rings (SSSR count). The fourth-order valence-corrected chi connectivity index (χ4v) is 2.12. The van der Waals surface area contributed by atoms with Crippen LogP contribution in [0, 0.1) is 5.41 Å². The van der Waals surface area contributed by atoms with Gasteiger partial charge in [-0.15, -0.1) is 0 Å². The molecule has 0 atom stereocenters. The van der Waals surface area contributed by atoms with Gasteiger partial charge in [0, 0.05) is 17.7 Å². The quantitative estimate of drug-likeness (QED) is 0.882. The van der Waals surface area contributed by atoms with Gasteiger partial charge in [-0.2, -0.15) is 0 Å². The number of H-pyrrole nitrogens is 1. The molecule has 1 aromatic heterocycles. The summed E-state index contributed by atoms with van der Waals surface area (Å²) in [6.07, 6.45) is 1.46. The number of carbonyl (C=O) groups is 1. The molecule has 0 amide bonds. The summed E-state index contributed by atoms with van der Waals surface area (Å²) in [7, 11) is 3.03. The molecule has 0 aliphatic rings. The number of rotatable bonds is 3. The molecule has 0 radical (unpaired) electrons. The fourth-order valence-electron chi connectivity index (χ4n) is 2.12. The lowest BCUT2D eigenvalue weighted by Crippen LogP contribution is -2.26. The molecule has 0 saturated heterocycles. The summed E-state index contributed by atoms with van der Waals surface area (Å²) in [5.74, 6) is 0.784. The minimum absolute atomic E-state index is 0.155. The molecule has 21 heavy (non-hydrogen) atoms. The van der Waals surface area contributed by atoms with Crippen LogP contribution in [0.3, 0.4) is 0 Å². The van der Waals surface area contributed by atoms with Gasteiger partial charge in [0.1, 0.15) is 0 Å². The van der Waals surface area contributed by atoms with Crippen LogP contribution in [0.15, 0.2) is 23.1 Å². The lowest BCUT2D eigenvalue weighted by molar-refractivity contribution is 0.0857. The first-order valence-electron chi connectivity index (χ1n) is 6.62. The second-order valence-electron chi connectivity index (χ2n) is 5.86. The molecule has 0 unspecified atom stereocenters. The third kappa shape index (κ3) is 2.63. The number of methoxy groups -OCH3 is 2. The average molecular weight is 289 g/mol. The van der Waals surface area contributed by atoms with Crippen molar-refractivity contribution < 1.29 is 14.3 Å². The van der Waals surface area contributed by atoms with Crippen LogP contribution in [0.25, 0.3) is 10.9 Å². The maximum absolute atomic E-state index is 12.5. The molecule has 0 bridgehead atoms. The van der Waals surface area contributed by atoms with Gasteiger partial charge in [0.15, 0.2) is 22.7 Å². The number of aromatic nitrogens is 1. The first-order chi connectivity index (χ1) is 9.79. The van der Waals surface area contributed by atoms with E-state index in [9.17, 15) is 9.59 Å². The molecule has 5 heteroatoms. The van der Waals surface area contributed by atoms with Crippen LogP contribution in [-0.4, -0.2) is 25.0 Å². The maximum Gasteiger partial charge on any atom is 0.200 e. The monoisotopic (exact) mass is 289 g/mol. The molecule has 0 aliphatic heterocycles. The first kappa shape index (κ1) is 15.1. The van der Waals surface area contributed by atoms with Crippen molar-refractivity contribution in [1.82, 2.24) is 4.98 Å². The molecule has 1 aromatic carbocycles. The van der Waals surface area contributed by atoms with Gasteiger partial charge in [-0.1, -0.05) is 20.8 Å². The highest BCUT2D eigenvalue weighted by Gasteiger charge is 2.26. The van der Waals surface area contributed by atoms with E-state index < -0.39 is 5.41 Å². The Labute approximate surface area is 122 Å². The summed E-state index contributed by atoms with van der Waals surface area (Å²) >= 11 is 0. The number of carbonyl (C=O) groups excluding carboxylic acids is 1. The van der Waals surface area contributed by atoms with E-state index in [1.165, 1.54) is 20.4 Å². The van der Waals surface area contributed by atoms with Crippen molar-refractivity contribution in [2.75, 3.05) is 14.2 Å². The van der Waals surface area contributed by atoms with Crippen molar-refractivity contribution in [2.24, 2.45) is 5.41 Å². The number of ketones is 1. The van der Waals surface area contributed by atoms with E-state index in [1.807, 2.05) is 0 Å². The molecule has 1 heterocycles. The fraction of sp³-hybridized carbons (Fsp3) is 0.375. The minimum atomic E-state index is -0.614. The molecular formula is C16H19NO4. The lowest BCUT2D eigenvalue weighted by Gasteiger charge is -2.16.